The molecule has 0 radical (unpaired) electrons. The van der Waals surface area contributed by atoms with E-state index in [2.05, 4.69) is 5.32 Å². The topological polar surface area (TPSA) is 133 Å². The van der Waals surface area contributed by atoms with E-state index in [0.29, 0.717) is 28.9 Å². The van der Waals surface area contributed by atoms with Crippen molar-refractivity contribution in [3.63, 3.8) is 0 Å². The van der Waals surface area contributed by atoms with Gasteiger partial charge in [-0.25, -0.2) is 17.2 Å². The standard InChI is InChI=1S/C36H30N4O6S/c1-24-9-12-29(13-10-24)47(44,45)40-20-17-30-32(40)14-15-33(35(30)36(43)37-2)46-28-8-4-7-27(22-28)31-18-19-39(38-31)23-26-6-3-5-25(21-26)11-16-34(41)42/h3-22H,23H2,1-2H3,(H,37,43)(H,41,42)/b16-11+. The van der Waals surface area contributed by atoms with Gasteiger partial charge < -0.3 is 15.2 Å². The molecule has 0 aliphatic heterocycles. The van der Waals surface area contributed by atoms with Crippen LogP contribution in [0, 0.1) is 6.92 Å². The monoisotopic (exact) mass is 646 g/mol. The summed E-state index contributed by atoms with van der Waals surface area (Å²) in [6.45, 7) is 2.37. The molecule has 0 aliphatic rings. The van der Waals surface area contributed by atoms with Crippen LogP contribution in [0.4, 0.5) is 0 Å². The minimum Gasteiger partial charge on any atom is -0.478 e. The number of fused-ring (bicyclic) bond motifs is 1. The fraction of sp³-hybridized carbons (Fsp3) is 0.0833. The highest BCUT2D eigenvalue weighted by Gasteiger charge is 2.24. The predicted octanol–water partition coefficient (Wildman–Crippen LogP) is 6.35. The fourth-order valence-electron chi connectivity index (χ4n) is 5.25. The highest BCUT2D eigenvalue weighted by molar-refractivity contribution is 7.90. The lowest BCUT2D eigenvalue weighted by molar-refractivity contribution is -0.131. The number of aryl methyl sites for hydroxylation is 1. The first-order valence-corrected chi connectivity index (χ1v) is 16.1. The third-order valence-corrected chi connectivity index (χ3v) is 9.25. The van der Waals surface area contributed by atoms with Crippen molar-refractivity contribution in [1.82, 2.24) is 19.1 Å². The van der Waals surface area contributed by atoms with E-state index >= 15 is 0 Å². The Morgan fingerprint density at radius 1 is 0.936 bits per heavy atom. The summed E-state index contributed by atoms with van der Waals surface area (Å²) in [5, 5.41) is 16.7. The van der Waals surface area contributed by atoms with E-state index in [1.165, 1.54) is 17.2 Å². The molecule has 0 aliphatic carbocycles. The molecule has 0 bridgehead atoms. The molecule has 0 atom stereocenters. The number of aliphatic carboxylic acids is 1. The van der Waals surface area contributed by atoms with Gasteiger partial charge in [0.2, 0.25) is 0 Å². The van der Waals surface area contributed by atoms with Crippen molar-refractivity contribution in [1.29, 1.82) is 0 Å². The summed E-state index contributed by atoms with van der Waals surface area (Å²) >= 11 is 0. The largest absolute Gasteiger partial charge is 0.478 e. The minimum atomic E-state index is -3.91. The quantitative estimate of drug-likeness (QED) is 0.166. The molecule has 0 spiro atoms. The summed E-state index contributed by atoms with van der Waals surface area (Å²) in [6, 6.07) is 28.1. The third kappa shape index (κ3) is 6.56. The number of hydrogen-bond donors (Lipinski definition) is 2. The van der Waals surface area contributed by atoms with Crippen LogP contribution in [0.25, 0.3) is 28.2 Å². The SMILES string of the molecule is CNC(=O)c1c(Oc2cccc(-c3ccn(Cc4cccc(/C=C/C(=O)O)c4)n3)c2)ccc2c1ccn2S(=O)(=O)c1ccc(C)cc1. The minimum absolute atomic E-state index is 0.142. The lowest BCUT2D eigenvalue weighted by Crippen LogP contribution is -2.19. The van der Waals surface area contributed by atoms with Gasteiger partial charge in [0.05, 0.1) is 28.2 Å². The van der Waals surface area contributed by atoms with Crippen molar-refractivity contribution in [2.75, 3.05) is 7.05 Å². The zero-order chi connectivity index (χ0) is 33.1. The molecular weight excluding hydrogens is 616 g/mol. The zero-order valence-corrected chi connectivity index (χ0v) is 26.3. The zero-order valence-electron chi connectivity index (χ0n) is 25.5. The van der Waals surface area contributed by atoms with Crippen molar-refractivity contribution in [3.05, 3.63) is 138 Å². The summed E-state index contributed by atoms with van der Waals surface area (Å²) in [5.74, 6) is -0.700. The van der Waals surface area contributed by atoms with Gasteiger partial charge in [0.1, 0.15) is 11.5 Å². The van der Waals surface area contributed by atoms with Crippen LogP contribution in [-0.4, -0.2) is 46.2 Å². The molecule has 1 amide bonds. The number of carboxylic acids is 1. The summed E-state index contributed by atoms with van der Waals surface area (Å²) < 4.78 is 36.2. The van der Waals surface area contributed by atoms with Gasteiger partial charge in [-0.2, -0.15) is 5.10 Å². The molecule has 6 rings (SSSR count). The molecule has 0 unspecified atom stereocenters. The number of nitrogens with one attached hydrogen (secondary N) is 1. The molecule has 10 nitrogen and oxygen atoms in total. The van der Waals surface area contributed by atoms with Crippen LogP contribution in [0.1, 0.15) is 27.0 Å². The van der Waals surface area contributed by atoms with E-state index in [0.717, 1.165) is 28.3 Å². The highest BCUT2D eigenvalue weighted by Crippen LogP contribution is 2.35. The van der Waals surface area contributed by atoms with Gasteiger partial charge in [-0.05, 0) is 78.7 Å². The second-order valence-corrected chi connectivity index (χ2v) is 12.6. The van der Waals surface area contributed by atoms with E-state index in [1.807, 2.05) is 61.7 Å². The number of benzene rings is 4. The first-order valence-electron chi connectivity index (χ1n) is 14.6. The van der Waals surface area contributed by atoms with Crippen LogP contribution in [0.3, 0.4) is 0 Å². The number of carbonyl (C=O) groups excluding carboxylic acids is 1. The van der Waals surface area contributed by atoms with Crippen molar-refractivity contribution >= 4 is 38.9 Å². The summed E-state index contributed by atoms with van der Waals surface area (Å²) in [4.78, 5) is 24.1. The van der Waals surface area contributed by atoms with Crippen LogP contribution in [0.2, 0.25) is 0 Å². The van der Waals surface area contributed by atoms with E-state index in [9.17, 15) is 18.0 Å². The first-order chi connectivity index (χ1) is 22.6. The average Bonchev–Trinajstić information content (AvgIpc) is 3.72. The Labute approximate surface area is 271 Å². The maximum atomic E-state index is 13.5. The van der Waals surface area contributed by atoms with Gasteiger partial charge in [-0.3, -0.25) is 9.48 Å². The highest BCUT2D eigenvalue weighted by atomic mass is 32.2. The molecular formula is C36H30N4O6S. The molecule has 2 heterocycles. The third-order valence-electron chi connectivity index (χ3n) is 7.54. The Hall–Kier alpha value is -5.94. The molecule has 6 aromatic rings. The molecule has 0 saturated heterocycles. The maximum Gasteiger partial charge on any atom is 0.328 e. The van der Waals surface area contributed by atoms with E-state index in [1.54, 1.807) is 59.3 Å². The fourth-order valence-corrected chi connectivity index (χ4v) is 6.60. The summed E-state index contributed by atoms with van der Waals surface area (Å²) in [7, 11) is -2.41. The van der Waals surface area contributed by atoms with E-state index in [-0.39, 0.29) is 16.2 Å². The van der Waals surface area contributed by atoms with Crippen LogP contribution in [0.15, 0.2) is 120 Å². The van der Waals surface area contributed by atoms with E-state index < -0.39 is 21.9 Å². The summed E-state index contributed by atoms with van der Waals surface area (Å²) in [6.07, 6.45) is 5.94. The maximum absolute atomic E-state index is 13.5. The number of amides is 1. The van der Waals surface area contributed by atoms with Gasteiger partial charge in [-0.15, -0.1) is 0 Å². The average molecular weight is 647 g/mol. The number of hydrogen-bond acceptors (Lipinski definition) is 6. The number of rotatable bonds is 10. The van der Waals surface area contributed by atoms with Gasteiger partial charge in [-0.1, -0.05) is 48.0 Å². The molecule has 0 fully saturated rings. The van der Waals surface area contributed by atoms with Crippen LogP contribution in [0.5, 0.6) is 11.5 Å². The van der Waals surface area contributed by atoms with Crippen molar-refractivity contribution in [2.45, 2.75) is 18.4 Å². The predicted molar refractivity (Wildman–Crippen MR) is 179 cm³/mol. The molecule has 0 saturated carbocycles. The molecule has 236 valence electrons. The smallest absolute Gasteiger partial charge is 0.328 e. The number of carbonyl (C=O) groups is 2. The van der Waals surface area contributed by atoms with Gasteiger partial charge in [0.15, 0.2) is 0 Å². The Bertz CT molecular complexity index is 2270. The molecule has 2 N–H and O–H groups in total. The van der Waals surface area contributed by atoms with Crippen molar-refractivity contribution < 1.29 is 27.9 Å². The lowest BCUT2D eigenvalue weighted by Gasteiger charge is -2.14. The van der Waals surface area contributed by atoms with Gasteiger partial charge in [0.25, 0.3) is 15.9 Å². The van der Waals surface area contributed by atoms with Crippen molar-refractivity contribution in [2.24, 2.45) is 0 Å². The lowest BCUT2D eigenvalue weighted by atomic mass is 10.1. The number of nitrogens with zero attached hydrogens (tertiary/aromatic N) is 3. The van der Waals surface area contributed by atoms with E-state index in [4.69, 9.17) is 14.9 Å². The normalized spacial score (nSPS) is 11.6. The number of ether oxygens (including phenoxy) is 1. The summed E-state index contributed by atoms with van der Waals surface area (Å²) in [5.41, 5.74) is 4.73. The Morgan fingerprint density at radius 3 is 2.49 bits per heavy atom. The molecule has 47 heavy (non-hydrogen) atoms. The van der Waals surface area contributed by atoms with Gasteiger partial charge >= 0.3 is 5.97 Å². The first kappa shape index (κ1) is 31.1. The van der Waals surface area contributed by atoms with Crippen LogP contribution >= 0.6 is 0 Å². The Balaban J connectivity index is 1.27. The molecule has 2 aromatic heterocycles. The second kappa shape index (κ2) is 12.8. The number of carboxylic acid groups (broad SMARTS) is 1. The molecule has 11 heteroatoms. The van der Waals surface area contributed by atoms with Gasteiger partial charge in [0, 0.05) is 36.5 Å². The van der Waals surface area contributed by atoms with Crippen molar-refractivity contribution in [3.8, 4) is 22.8 Å². The Morgan fingerprint density at radius 2 is 1.72 bits per heavy atom. The Kier molecular flexibility index (Phi) is 8.47. The van der Waals surface area contributed by atoms with Crippen LogP contribution < -0.4 is 10.1 Å². The molecule has 4 aromatic carbocycles. The second-order valence-electron chi connectivity index (χ2n) is 10.8. The van der Waals surface area contributed by atoms with Crippen LogP contribution in [-0.2, 0) is 21.4 Å². The number of aromatic nitrogens is 3.